The number of amides is 1. The molecule has 1 heterocycles. The van der Waals surface area contributed by atoms with Gasteiger partial charge in [0.2, 0.25) is 0 Å². The number of nitrogens with two attached hydrogens (primary N) is 1. The smallest absolute Gasteiger partial charge is 0.255 e. The molecule has 3 N–H and O–H groups in total. The van der Waals surface area contributed by atoms with Gasteiger partial charge in [-0.3, -0.25) is 4.79 Å². The first-order chi connectivity index (χ1) is 14.7. The van der Waals surface area contributed by atoms with Crippen LogP contribution in [0.3, 0.4) is 0 Å². The second-order valence-corrected chi connectivity index (χ2v) is 9.52. The van der Waals surface area contributed by atoms with E-state index in [9.17, 15) is 13.2 Å². The van der Waals surface area contributed by atoms with Gasteiger partial charge in [-0.1, -0.05) is 36.7 Å². The third kappa shape index (κ3) is 5.53. The van der Waals surface area contributed by atoms with E-state index in [4.69, 9.17) is 22.1 Å². The fourth-order valence-corrected chi connectivity index (χ4v) is 3.93. The number of anilines is 2. The van der Waals surface area contributed by atoms with E-state index in [0.717, 1.165) is 5.56 Å². The molecule has 3 aromatic rings. The monoisotopic (exact) mass is 459 g/mol. The number of nitrogens with zero attached hydrogens (tertiary/aromatic N) is 1. The summed E-state index contributed by atoms with van der Waals surface area (Å²) >= 11 is 5.95. The molecular weight excluding hydrogens is 438 g/mol. The summed E-state index contributed by atoms with van der Waals surface area (Å²) in [6, 6.07) is 14.7. The van der Waals surface area contributed by atoms with Crippen LogP contribution in [0.1, 0.15) is 35.9 Å². The average molecular weight is 460 g/mol. The predicted molar refractivity (Wildman–Crippen MR) is 121 cm³/mol. The minimum atomic E-state index is -3.40. The number of carbonyl (C=O) groups is 1. The van der Waals surface area contributed by atoms with Crippen molar-refractivity contribution in [2.24, 2.45) is 0 Å². The van der Waals surface area contributed by atoms with E-state index in [0.29, 0.717) is 16.5 Å². The number of nitrogens with one attached hydrogen (secondary N) is 1. The zero-order valence-electron chi connectivity index (χ0n) is 17.0. The number of pyridine rings is 1. The molecule has 0 saturated carbocycles. The van der Waals surface area contributed by atoms with Crippen molar-refractivity contribution in [3.8, 4) is 5.75 Å². The van der Waals surface area contributed by atoms with Crippen LogP contribution in [0.2, 0.25) is 5.02 Å². The number of nitrogen functional groups attached to an aromatic ring is 1. The highest BCUT2D eigenvalue weighted by atomic mass is 35.5. The van der Waals surface area contributed by atoms with Crippen LogP contribution >= 0.6 is 11.6 Å². The fraction of sp³-hybridized carbons (Fsp3) is 0.182. The zero-order chi connectivity index (χ0) is 22.6. The molecule has 2 aromatic carbocycles. The van der Waals surface area contributed by atoms with Gasteiger partial charge < -0.3 is 15.8 Å². The largest absolute Gasteiger partial charge is 0.482 e. The van der Waals surface area contributed by atoms with E-state index in [2.05, 4.69) is 10.3 Å². The first-order valence-corrected chi connectivity index (χ1v) is 11.5. The third-order valence-corrected chi connectivity index (χ3v) is 6.54. The van der Waals surface area contributed by atoms with Crippen LogP contribution in [0, 0.1) is 0 Å². The SMILES string of the molecule is CCS(=O)(=O)c1cccc(C(=O)Nc2cccc(C(C)Oc3cc(Cl)cnc3N)c2)c1. The minimum Gasteiger partial charge on any atom is -0.482 e. The van der Waals surface area contributed by atoms with Crippen molar-refractivity contribution in [1.29, 1.82) is 0 Å². The molecule has 7 nitrogen and oxygen atoms in total. The van der Waals surface area contributed by atoms with Crippen molar-refractivity contribution in [2.45, 2.75) is 24.8 Å². The lowest BCUT2D eigenvalue weighted by atomic mass is 10.1. The Morgan fingerprint density at radius 3 is 2.68 bits per heavy atom. The Morgan fingerprint density at radius 2 is 1.94 bits per heavy atom. The van der Waals surface area contributed by atoms with Crippen LogP contribution in [0.5, 0.6) is 5.75 Å². The molecule has 0 fully saturated rings. The molecule has 0 aliphatic rings. The van der Waals surface area contributed by atoms with Gasteiger partial charge in [-0.2, -0.15) is 0 Å². The van der Waals surface area contributed by atoms with E-state index >= 15 is 0 Å². The molecule has 0 spiro atoms. The zero-order valence-corrected chi connectivity index (χ0v) is 18.6. The van der Waals surface area contributed by atoms with Crippen molar-refractivity contribution in [3.05, 3.63) is 76.9 Å². The summed E-state index contributed by atoms with van der Waals surface area (Å²) in [6.07, 6.45) is 1.04. The van der Waals surface area contributed by atoms with Gasteiger partial charge in [-0.15, -0.1) is 0 Å². The topological polar surface area (TPSA) is 111 Å². The first-order valence-electron chi connectivity index (χ1n) is 9.51. The number of carbonyl (C=O) groups excluding carboxylic acids is 1. The lowest BCUT2D eigenvalue weighted by molar-refractivity contribution is 0.102. The van der Waals surface area contributed by atoms with Crippen molar-refractivity contribution >= 4 is 38.9 Å². The normalized spacial score (nSPS) is 12.2. The van der Waals surface area contributed by atoms with Crippen molar-refractivity contribution in [3.63, 3.8) is 0 Å². The molecule has 31 heavy (non-hydrogen) atoms. The van der Waals surface area contributed by atoms with Gasteiger partial charge in [0.05, 0.1) is 15.7 Å². The summed E-state index contributed by atoms with van der Waals surface area (Å²) in [6.45, 7) is 3.39. The number of hydrogen-bond donors (Lipinski definition) is 2. The summed E-state index contributed by atoms with van der Waals surface area (Å²) in [7, 11) is -3.40. The quantitative estimate of drug-likeness (QED) is 0.538. The molecule has 0 aliphatic heterocycles. The van der Waals surface area contributed by atoms with Crippen LogP contribution < -0.4 is 15.8 Å². The van der Waals surface area contributed by atoms with E-state index in [1.165, 1.54) is 18.3 Å². The molecule has 1 amide bonds. The summed E-state index contributed by atoms with van der Waals surface area (Å²) in [5, 5.41) is 3.19. The molecule has 0 radical (unpaired) electrons. The molecule has 162 valence electrons. The Bertz CT molecular complexity index is 1210. The van der Waals surface area contributed by atoms with Crippen molar-refractivity contribution in [2.75, 3.05) is 16.8 Å². The molecule has 1 unspecified atom stereocenters. The van der Waals surface area contributed by atoms with Crippen LogP contribution in [-0.4, -0.2) is 25.1 Å². The summed E-state index contributed by atoms with van der Waals surface area (Å²) < 4.78 is 30.0. The Labute approximate surface area is 186 Å². The van der Waals surface area contributed by atoms with Crippen LogP contribution in [0.25, 0.3) is 0 Å². The molecule has 1 atom stereocenters. The molecule has 3 rings (SSSR count). The lowest BCUT2D eigenvalue weighted by Gasteiger charge is -2.17. The van der Waals surface area contributed by atoms with Gasteiger partial charge in [0.25, 0.3) is 5.91 Å². The van der Waals surface area contributed by atoms with Gasteiger partial charge in [-0.05, 0) is 42.8 Å². The molecule has 0 saturated heterocycles. The highest BCUT2D eigenvalue weighted by Crippen LogP contribution is 2.29. The number of rotatable bonds is 7. The second-order valence-electron chi connectivity index (χ2n) is 6.81. The Balaban J connectivity index is 1.77. The molecule has 1 aromatic heterocycles. The minimum absolute atomic E-state index is 0.0370. The van der Waals surface area contributed by atoms with E-state index in [1.54, 1.807) is 43.3 Å². The Morgan fingerprint density at radius 1 is 1.19 bits per heavy atom. The standard InChI is InChI=1S/C22H22ClN3O4S/c1-3-31(28,29)19-9-5-7-16(11-19)22(27)26-18-8-4-6-15(10-18)14(2)30-20-12-17(23)13-25-21(20)24/h4-14H,3H2,1-2H3,(H2,24,25)(H,26,27). The van der Waals surface area contributed by atoms with Gasteiger partial charge in [0, 0.05) is 23.5 Å². The number of benzene rings is 2. The van der Waals surface area contributed by atoms with Gasteiger partial charge in [-0.25, -0.2) is 13.4 Å². The van der Waals surface area contributed by atoms with Crippen LogP contribution in [0.4, 0.5) is 11.5 Å². The van der Waals surface area contributed by atoms with Crippen LogP contribution in [-0.2, 0) is 9.84 Å². The van der Waals surface area contributed by atoms with Crippen LogP contribution in [0.15, 0.2) is 65.7 Å². The number of hydrogen-bond acceptors (Lipinski definition) is 6. The molecular formula is C22H22ClN3O4S. The average Bonchev–Trinajstić information content (AvgIpc) is 2.76. The number of ether oxygens (including phenoxy) is 1. The van der Waals surface area contributed by atoms with E-state index in [1.807, 2.05) is 13.0 Å². The van der Waals surface area contributed by atoms with Crippen molar-refractivity contribution in [1.82, 2.24) is 4.98 Å². The first kappa shape index (κ1) is 22.6. The molecule has 0 aliphatic carbocycles. The maximum atomic E-state index is 12.7. The highest BCUT2D eigenvalue weighted by molar-refractivity contribution is 7.91. The summed E-state index contributed by atoms with van der Waals surface area (Å²) in [4.78, 5) is 16.7. The number of aromatic nitrogens is 1. The van der Waals surface area contributed by atoms with Gasteiger partial charge >= 0.3 is 0 Å². The maximum Gasteiger partial charge on any atom is 0.255 e. The Kier molecular flexibility index (Phi) is 6.82. The number of sulfone groups is 1. The summed E-state index contributed by atoms with van der Waals surface area (Å²) in [5.74, 6) is 0.137. The molecule has 9 heteroatoms. The summed E-state index contributed by atoms with van der Waals surface area (Å²) in [5.41, 5.74) is 7.42. The maximum absolute atomic E-state index is 12.7. The van der Waals surface area contributed by atoms with E-state index < -0.39 is 21.8 Å². The number of halogens is 1. The lowest BCUT2D eigenvalue weighted by Crippen LogP contribution is -2.14. The fourth-order valence-electron chi connectivity index (χ4n) is 2.85. The predicted octanol–water partition coefficient (Wildman–Crippen LogP) is 4.50. The van der Waals surface area contributed by atoms with Gasteiger partial charge in [0.15, 0.2) is 21.4 Å². The molecule has 0 bridgehead atoms. The van der Waals surface area contributed by atoms with E-state index in [-0.39, 0.29) is 22.0 Å². The Hall–Kier alpha value is -3.10. The van der Waals surface area contributed by atoms with Crippen molar-refractivity contribution < 1.29 is 17.9 Å². The third-order valence-electron chi connectivity index (χ3n) is 4.60. The highest BCUT2D eigenvalue weighted by Gasteiger charge is 2.16. The second kappa shape index (κ2) is 9.36. The van der Waals surface area contributed by atoms with Gasteiger partial charge in [0.1, 0.15) is 6.10 Å².